The molecule has 0 radical (unpaired) electrons. The minimum Gasteiger partial charge on any atom is -0.464 e. The van der Waals surface area contributed by atoms with Crippen LogP contribution in [0.1, 0.15) is 22.6 Å². The zero-order valence-electron chi connectivity index (χ0n) is 13.9. The van der Waals surface area contributed by atoms with Gasteiger partial charge in [0.1, 0.15) is 11.4 Å². The van der Waals surface area contributed by atoms with Crippen molar-refractivity contribution < 1.29 is 22.0 Å². The zero-order valence-corrected chi connectivity index (χ0v) is 13.9. The summed E-state index contributed by atoms with van der Waals surface area (Å²) in [5.74, 6) is -1.68. The second-order valence-electron chi connectivity index (χ2n) is 6.35. The molecule has 9 heteroatoms. The predicted octanol–water partition coefficient (Wildman–Crippen LogP) is 3.30. The maximum atomic E-state index is 13.4. The van der Waals surface area contributed by atoms with Crippen molar-refractivity contribution >= 4 is 11.0 Å². The Morgan fingerprint density at radius 2 is 2.07 bits per heavy atom. The van der Waals surface area contributed by atoms with Gasteiger partial charge in [-0.25, -0.2) is 14.4 Å². The van der Waals surface area contributed by atoms with E-state index in [9.17, 15) is 22.4 Å². The molecule has 0 N–H and O–H groups in total. The normalized spacial score (nSPS) is 15.1. The number of nitrogens with zero attached hydrogens (tertiary/aromatic N) is 3. The molecule has 1 aromatic carbocycles. The molecule has 2 aromatic heterocycles. The number of hydrogen-bond donors (Lipinski definition) is 0. The Morgan fingerprint density at radius 3 is 2.85 bits per heavy atom. The molecular weight excluding hydrogens is 366 g/mol. The molecule has 0 atom stereocenters. The third-order valence-electron chi connectivity index (χ3n) is 4.47. The fraction of sp³-hybridized carbons (Fsp3) is 0.278. The molecule has 3 heterocycles. The van der Waals surface area contributed by atoms with E-state index in [4.69, 9.17) is 4.42 Å². The fourth-order valence-electron chi connectivity index (χ4n) is 3.14. The standard InChI is InChI=1S/C18H13F4N3O2/c19-12-1-2-15-13(5-12)16(26)11(9-27-15)8-25-4-3-14-10(7-25)6-23-17(24-14)18(20,21)22/h1-2,5-6,9H,3-4,7-8H2. The number of benzene rings is 1. The van der Waals surface area contributed by atoms with Crippen molar-refractivity contribution in [2.24, 2.45) is 0 Å². The van der Waals surface area contributed by atoms with Gasteiger partial charge in [0.2, 0.25) is 5.82 Å². The van der Waals surface area contributed by atoms with Gasteiger partial charge in [0, 0.05) is 43.4 Å². The van der Waals surface area contributed by atoms with E-state index in [2.05, 4.69) is 9.97 Å². The summed E-state index contributed by atoms with van der Waals surface area (Å²) in [6.07, 6.45) is -1.75. The Bertz CT molecular complexity index is 1080. The largest absolute Gasteiger partial charge is 0.464 e. The van der Waals surface area contributed by atoms with E-state index >= 15 is 0 Å². The lowest BCUT2D eigenvalue weighted by Crippen LogP contribution is -2.33. The number of halogens is 4. The van der Waals surface area contributed by atoms with E-state index in [-0.39, 0.29) is 17.4 Å². The fourth-order valence-corrected chi connectivity index (χ4v) is 3.14. The second-order valence-corrected chi connectivity index (χ2v) is 6.35. The molecular formula is C18H13F4N3O2. The van der Waals surface area contributed by atoms with E-state index in [0.29, 0.717) is 41.9 Å². The first-order valence-corrected chi connectivity index (χ1v) is 8.15. The van der Waals surface area contributed by atoms with Crippen molar-refractivity contribution in [1.29, 1.82) is 0 Å². The molecule has 0 saturated carbocycles. The molecule has 0 saturated heterocycles. The third-order valence-corrected chi connectivity index (χ3v) is 4.47. The number of fused-ring (bicyclic) bond motifs is 2. The number of alkyl halides is 3. The van der Waals surface area contributed by atoms with Crippen LogP contribution in [0.15, 0.2) is 39.9 Å². The van der Waals surface area contributed by atoms with Gasteiger partial charge in [-0.1, -0.05) is 0 Å². The Kier molecular flexibility index (Phi) is 4.18. The molecule has 0 spiro atoms. The van der Waals surface area contributed by atoms with E-state index < -0.39 is 17.8 Å². The van der Waals surface area contributed by atoms with Crippen LogP contribution in [-0.4, -0.2) is 21.4 Å². The lowest BCUT2D eigenvalue weighted by Gasteiger charge is -2.27. The Balaban J connectivity index is 1.58. The molecule has 4 rings (SSSR count). The minimum atomic E-state index is -4.58. The van der Waals surface area contributed by atoms with Gasteiger partial charge in [0.15, 0.2) is 5.43 Å². The quantitative estimate of drug-likeness (QED) is 0.640. The van der Waals surface area contributed by atoms with Crippen LogP contribution in [0.2, 0.25) is 0 Å². The number of aromatic nitrogens is 2. The molecule has 3 aromatic rings. The summed E-state index contributed by atoms with van der Waals surface area (Å²) in [6, 6.07) is 3.73. The summed E-state index contributed by atoms with van der Waals surface area (Å²) in [4.78, 5) is 21.4. The Morgan fingerprint density at radius 1 is 1.26 bits per heavy atom. The van der Waals surface area contributed by atoms with E-state index in [0.717, 1.165) is 6.07 Å². The highest BCUT2D eigenvalue weighted by molar-refractivity contribution is 5.76. The molecule has 27 heavy (non-hydrogen) atoms. The van der Waals surface area contributed by atoms with Crippen LogP contribution in [0, 0.1) is 5.82 Å². The lowest BCUT2D eigenvalue weighted by molar-refractivity contribution is -0.145. The van der Waals surface area contributed by atoms with Crippen LogP contribution in [0.4, 0.5) is 17.6 Å². The molecule has 0 bridgehead atoms. The molecule has 0 amide bonds. The maximum absolute atomic E-state index is 13.4. The first-order valence-electron chi connectivity index (χ1n) is 8.15. The summed E-state index contributed by atoms with van der Waals surface area (Å²) in [5, 5.41) is 0.156. The van der Waals surface area contributed by atoms with Gasteiger partial charge < -0.3 is 4.42 Å². The highest BCUT2D eigenvalue weighted by Crippen LogP contribution is 2.28. The smallest absolute Gasteiger partial charge is 0.451 e. The molecule has 1 aliphatic heterocycles. The summed E-state index contributed by atoms with van der Waals surface area (Å²) in [7, 11) is 0. The highest BCUT2D eigenvalue weighted by atomic mass is 19.4. The van der Waals surface area contributed by atoms with Gasteiger partial charge >= 0.3 is 6.18 Å². The van der Waals surface area contributed by atoms with Gasteiger partial charge in [-0.3, -0.25) is 9.69 Å². The van der Waals surface area contributed by atoms with E-state index in [1.165, 1.54) is 24.6 Å². The summed E-state index contributed by atoms with van der Waals surface area (Å²) >= 11 is 0. The minimum absolute atomic E-state index is 0.156. The van der Waals surface area contributed by atoms with Crippen LogP contribution in [-0.2, 0) is 25.7 Å². The average Bonchev–Trinajstić information content (AvgIpc) is 2.63. The molecule has 5 nitrogen and oxygen atoms in total. The van der Waals surface area contributed by atoms with Crippen LogP contribution in [0.5, 0.6) is 0 Å². The third kappa shape index (κ3) is 3.42. The highest BCUT2D eigenvalue weighted by Gasteiger charge is 2.35. The van der Waals surface area contributed by atoms with Crippen molar-refractivity contribution in [3.63, 3.8) is 0 Å². The first-order chi connectivity index (χ1) is 12.8. The van der Waals surface area contributed by atoms with E-state index in [1.54, 1.807) is 0 Å². The summed E-state index contributed by atoms with van der Waals surface area (Å²) in [5.41, 5.74) is 1.27. The molecule has 1 aliphatic rings. The van der Waals surface area contributed by atoms with Gasteiger partial charge in [-0.2, -0.15) is 13.2 Å². The lowest BCUT2D eigenvalue weighted by atomic mass is 10.1. The predicted molar refractivity (Wildman–Crippen MR) is 87.3 cm³/mol. The number of hydrogen-bond acceptors (Lipinski definition) is 5. The van der Waals surface area contributed by atoms with Gasteiger partial charge in [0.25, 0.3) is 0 Å². The van der Waals surface area contributed by atoms with E-state index in [1.807, 2.05) is 4.90 Å². The van der Waals surface area contributed by atoms with Gasteiger partial charge in [0.05, 0.1) is 17.3 Å². The molecule has 0 unspecified atom stereocenters. The van der Waals surface area contributed by atoms with Crippen molar-refractivity contribution in [3.8, 4) is 0 Å². The number of rotatable bonds is 2. The monoisotopic (exact) mass is 379 g/mol. The molecule has 0 fully saturated rings. The van der Waals surface area contributed by atoms with Crippen molar-refractivity contribution in [3.05, 3.63) is 69.3 Å². The Hall–Kier alpha value is -2.81. The van der Waals surface area contributed by atoms with Gasteiger partial charge in [-0.05, 0) is 18.2 Å². The van der Waals surface area contributed by atoms with Crippen LogP contribution < -0.4 is 5.43 Å². The topological polar surface area (TPSA) is 59.2 Å². The average molecular weight is 379 g/mol. The van der Waals surface area contributed by atoms with Crippen LogP contribution in [0.25, 0.3) is 11.0 Å². The van der Waals surface area contributed by atoms with Gasteiger partial charge in [-0.15, -0.1) is 0 Å². The maximum Gasteiger partial charge on any atom is 0.451 e. The summed E-state index contributed by atoms with van der Waals surface area (Å²) in [6.45, 7) is 0.977. The Labute approximate surface area is 150 Å². The zero-order chi connectivity index (χ0) is 19.2. The first kappa shape index (κ1) is 17.6. The SMILES string of the molecule is O=c1c(CN2CCc3nc(C(F)(F)F)ncc3C2)coc2ccc(F)cc12. The van der Waals surface area contributed by atoms with Crippen LogP contribution in [0.3, 0.4) is 0 Å². The summed E-state index contributed by atoms with van der Waals surface area (Å²) < 4.78 is 56.9. The molecule has 140 valence electrons. The van der Waals surface area contributed by atoms with Crippen LogP contribution >= 0.6 is 0 Å². The second kappa shape index (κ2) is 6.41. The molecule has 0 aliphatic carbocycles. The van der Waals surface area contributed by atoms with Crippen molar-refractivity contribution in [1.82, 2.24) is 14.9 Å². The van der Waals surface area contributed by atoms with Crippen molar-refractivity contribution in [2.45, 2.75) is 25.7 Å². The van der Waals surface area contributed by atoms with Crippen molar-refractivity contribution in [2.75, 3.05) is 6.54 Å².